The van der Waals surface area contributed by atoms with Crippen LogP contribution in [-0.2, 0) is 30.8 Å². The first-order valence-corrected chi connectivity index (χ1v) is 8.49. The molecule has 0 saturated carbocycles. The van der Waals surface area contributed by atoms with Crippen LogP contribution in [0.15, 0.2) is 24.3 Å². The number of aryl methyl sites for hydroxylation is 2. The Morgan fingerprint density at radius 2 is 1.81 bits per heavy atom. The van der Waals surface area contributed by atoms with E-state index in [0.29, 0.717) is 13.2 Å². The molecule has 0 N–H and O–H groups in total. The number of rotatable bonds is 2. The predicted molar refractivity (Wildman–Crippen MR) is 83.9 cm³/mol. The average Bonchev–Trinajstić information content (AvgIpc) is 3.08. The minimum atomic E-state index is 0.169. The summed E-state index contributed by atoms with van der Waals surface area (Å²) in [5, 5.41) is 0. The molecule has 1 aromatic heterocycles. The smallest absolute Gasteiger partial charge is 0.202 e. The molecule has 1 aliphatic carbocycles. The molecule has 108 valence electrons. The van der Waals surface area contributed by atoms with Crippen molar-refractivity contribution in [3.8, 4) is 0 Å². The quantitative estimate of drug-likeness (QED) is 0.611. The lowest BCUT2D eigenvalue weighted by Crippen LogP contribution is -2.00. The van der Waals surface area contributed by atoms with E-state index in [-0.39, 0.29) is 5.78 Å². The van der Waals surface area contributed by atoms with Gasteiger partial charge in [-0.15, -0.1) is 11.3 Å². The lowest BCUT2D eigenvalue weighted by Gasteiger charge is -2.02. The number of hydrogen-bond acceptors (Lipinski definition) is 3. The van der Waals surface area contributed by atoms with Crippen LogP contribution in [0.2, 0.25) is 0 Å². The first-order chi connectivity index (χ1) is 10.3. The number of hydrogen-bond donors (Lipinski definition) is 0. The van der Waals surface area contributed by atoms with Gasteiger partial charge in [0.1, 0.15) is 0 Å². The van der Waals surface area contributed by atoms with E-state index in [2.05, 4.69) is 6.07 Å². The van der Waals surface area contributed by atoms with Crippen LogP contribution in [0.4, 0.5) is 0 Å². The first kappa shape index (κ1) is 13.2. The molecule has 2 aliphatic rings. The predicted octanol–water partition coefficient (Wildman–Crippen LogP) is 4.28. The van der Waals surface area contributed by atoms with E-state index < -0.39 is 0 Å². The van der Waals surface area contributed by atoms with Crippen LogP contribution in [0.3, 0.4) is 0 Å². The van der Waals surface area contributed by atoms with E-state index in [4.69, 9.17) is 4.74 Å². The highest BCUT2D eigenvalue weighted by molar-refractivity contribution is 7.14. The maximum atomic E-state index is 12.7. The molecule has 2 aromatic rings. The molecule has 0 radical (unpaired) electrons. The van der Waals surface area contributed by atoms with Gasteiger partial charge in [-0.1, -0.05) is 18.6 Å². The molecule has 0 amide bonds. The molecular formula is C18H18O2S. The summed E-state index contributed by atoms with van der Waals surface area (Å²) in [6.45, 7) is 1.31. The minimum absolute atomic E-state index is 0.169. The van der Waals surface area contributed by atoms with E-state index in [0.717, 1.165) is 23.3 Å². The fourth-order valence-corrected chi connectivity index (χ4v) is 4.45. The van der Waals surface area contributed by atoms with Crippen LogP contribution in [-0.4, -0.2) is 5.78 Å². The zero-order chi connectivity index (χ0) is 14.2. The third-order valence-corrected chi connectivity index (χ3v) is 5.69. The highest BCUT2D eigenvalue weighted by Crippen LogP contribution is 2.31. The van der Waals surface area contributed by atoms with E-state index >= 15 is 0 Å². The fourth-order valence-electron chi connectivity index (χ4n) is 3.23. The van der Waals surface area contributed by atoms with Gasteiger partial charge < -0.3 is 4.74 Å². The number of ketones is 1. The Kier molecular flexibility index (Phi) is 3.40. The Bertz CT molecular complexity index is 676. The van der Waals surface area contributed by atoms with Gasteiger partial charge in [-0.25, -0.2) is 0 Å². The summed E-state index contributed by atoms with van der Waals surface area (Å²) >= 11 is 1.70. The topological polar surface area (TPSA) is 26.3 Å². The summed E-state index contributed by atoms with van der Waals surface area (Å²) in [6, 6.07) is 8.13. The molecule has 0 unspecified atom stereocenters. The van der Waals surface area contributed by atoms with Gasteiger partial charge in [0, 0.05) is 10.4 Å². The van der Waals surface area contributed by atoms with Crippen molar-refractivity contribution in [1.29, 1.82) is 0 Å². The SMILES string of the molecule is O=C(c1ccc2c(c1)COC2)c1cc2c(s1)CCCCC2. The maximum absolute atomic E-state index is 12.7. The van der Waals surface area contributed by atoms with Crippen LogP contribution < -0.4 is 0 Å². The van der Waals surface area contributed by atoms with E-state index in [1.165, 1.54) is 40.8 Å². The maximum Gasteiger partial charge on any atom is 0.202 e. The second-order valence-corrected chi connectivity index (χ2v) is 7.06. The Balaban J connectivity index is 1.65. The van der Waals surface area contributed by atoms with Crippen LogP contribution in [0, 0.1) is 0 Å². The lowest BCUT2D eigenvalue weighted by atomic mass is 10.0. The van der Waals surface area contributed by atoms with Crippen molar-refractivity contribution in [2.75, 3.05) is 0 Å². The molecule has 0 spiro atoms. The van der Waals surface area contributed by atoms with Crippen LogP contribution >= 0.6 is 11.3 Å². The summed E-state index contributed by atoms with van der Waals surface area (Å²) in [6.07, 6.45) is 6.11. The van der Waals surface area contributed by atoms with Gasteiger partial charge >= 0.3 is 0 Å². The molecule has 1 aromatic carbocycles. The van der Waals surface area contributed by atoms with Crippen molar-refractivity contribution in [1.82, 2.24) is 0 Å². The molecule has 2 nitrogen and oxygen atoms in total. The number of carbonyl (C=O) groups is 1. The second kappa shape index (κ2) is 5.39. The monoisotopic (exact) mass is 298 g/mol. The normalized spacial score (nSPS) is 17.1. The van der Waals surface area contributed by atoms with Crippen LogP contribution in [0.1, 0.15) is 56.1 Å². The second-order valence-electron chi connectivity index (χ2n) is 5.93. The summed E-state index contributed by atoms with van der Waals surface area (Å²) < 4.78 is 5.43. The fraction of sp³-hybridized carbons (Fsp3) is 0.389. The molecule has 0 saturated heterocycles. The first-order valence-electron chi connectivity index (χ1n) is 7.67. The van der Waals surface area contributed by atoms with E-state index in [1.54, 1.807) is 11.3 Å². The number of thiophene rings is 1. The molecule has 0 fully saturated rings. The zero-order valence-corrected chi connectivity index (χ0v) is 12.8. The Morgan fingerprint density at radius 1 is 0.952 bits per heavy atom. The largest absolute Gasteiger partial charge is 0.372 e. The van der Waals surface area contributed by atoms with Crippen molar-refractivity contribution < 1.29 is 9.53 Å². The summed E-state index contributed by atoms with van der Waals surface area (Å²) in [5.74, 6) is 0.169. The molecule has 3 heteroatoms. The Labute approximate surface area is 128 Å². The zero-order valence-electron chi connectivity index (χ0n) is 12.0. The lowest BCUT2D eigenvalue weighted by molar-refractivity contribution is 0.104. The standard InChI is InChI=1S/C18H18O2S/c19-18(13-6-7-14-10-20-11-15(14)8-13)17-9-12-4-2-1-3-5-16(12)21-17/h6-9H,1-5,10-11H2. The van der Waals surface area contributed by atoms with Gasteiger partial charge in [0.05, 0.1) is 18.1 Å². The third kappa shape index (κ3) is 2.45. The number of ether oxygens (including phenoxy) is 1. The minimum Gasteiger partial charge on any atom is -0.372 e. The number of fused-ring (bicyclic) bond motifs is 2. The van der Waals surface area contributed by atoms with Gasteiger partial charge in [0.2, 0.25) is 5.78 Å². The molecule has 1 aliphatic heterocycles. The third-order valence-electron chi connectivity index (χ3n) is 4.45. The summed E-state index contributed by atoms with van der Waals surface area (Å²) in [4.78, 5) is 15.1. The molecular weight excluding hydrogens is 280 g/mol. The van der Waals surface area contributed by atoms with Gasteiger partial charge in [-0.05, 0) is 54.5 Å². The van der Waals surface area contributed by atoms with Crippen molar-refractivity contribution in [3.05, 3.63) is 56.3 Å². The van der Waals surface area contributed by atoms with Gasteiger partial charge in [-0.3, -0.25) is 4.79 Å². The van der Waals surface area contributed by atoms with Crippen LogP contribution in [0.5, 0.6) is 0 Å². The van der Waals surface area contributed by atoms with E-state index in [1.807, 2.05) is 18.2 Å². The van der Waals surface area contributed by atoms with Gasteiger partial charge in [0.15, 0.2) is 0 Å². The van der Waals surface area contributed by atoms with Gasteiger partial charge in [-0.2, -0.15) is 0 Å². The average molecular weight is 298 g/mol. The Hall–Kier alpha value is -1.45. The van der Waals surface area contributed by atoms with Crippen LogP contribution in [0.25, 0.3) is 0 Å². The Morgan fingerprint density at radius 3 is 2.76 bits per heavy atom. The molecule has 0 bridgehead atoms. The number of benzene rings is 1. The molecule has 21 heavy (non-hydrogen) atoms. The summed E-state index contributed by atoms with van der Waals surface area (Å²) in [5.41, 5.74) is 4.59. The van der Waals surface area contributed by atoms with E-state index in [9.17, 15) is 4.79 Å². The highest BCUT2D eigenvalue weighted by Gasteiger charge is 2.19. The molecule has 2 heterocycles. The molecule has 4 rings (SSSR count). The van der Waals surface area contributed by atoms with Gasteiger partial charge in [0.25, 0.3) is 0 Å². The van der Waals surface area contributed by atoms with Crippen molar-refractivity contribution in [2.24, 2.45) is 0 Å². The summed E-state index contributed by atoms with van der Waals surface area (Å²) in [7, 11) is 0. The van der Waals surface area contributed by atoms with Crippen molar-refractivity contribution >= 4 is 17.1 Å². The van der Waals surface area contributed by atoms with Crippen molar-refractivity contribution in [2.45, 2.75) is 45.3 Å². The highest BCUT2D eigenvalue weighted by atomic mass is 32.1. The van der Waals surface area contributed by atoms with Crippen molar-refractivity contribution in [3.63, 3.8) is 0 Å². The molecule has 0 atom stereocenters. The number of carbonyl (C=O) groups excluding carboxylic acids is 1.